The van der Waals surface area contributed by atoms with Gasteiger partial charge in [0.1, 0.15) is 0 Å². The number of nitrogens with zero attached hydrogens (tertiary/aromatic N) is 2. The van der Waals surface area contributed by atoms with Gasteiger partial charge in [-0.15, -0.1) is 0 Å². The van der Waals surface area contributed by atoms with Crippen molar-refractivity contribution in [1.82, 2.24) is 9.88 Å². The van der Waals surface area contributed by atoms with Gasteiger partial charge in [-0.2, -0.15) is 0 Å². The molecule has 0 unspecified atom stereocenters. The van der Waals surface area contributed by atoms with Crippen LogP contribution < -0.4 is 5.32 Å². The van der Waals surface area contributed by atoms with Gasteiger partial charge in [0.15, 0.2) is 0 Å². The number of hydrogen-bond acceptors (Lipinski definition) is 3. The molecule has 1 amide bonds. The van der Waals surface area contributed by atoms with E-state index in [4.69, 9.17) is 0 Å². The summed E-state index contributed by atoms with van der Waals surface area (Å²) < 4.78 is 0. The van der Waals surface area contributed by atoms with Gasteiger partial charge < -0.3 is 10.2 Å². The average Bonchev–Trinajstić information content (AvgIpc) is 2.48. The molecule has 0 aliphatic heterocycles. The largest absolute Gasteiger partial charge is 0.385 e. The lowest BCUT2D eigenvalue weighted by molar-refractivity contribution is 0.0786. The topological polar surface area (TPSA) is 45.2 Å². The number of pyridine rings is 1. The standard InChI is InChI=1S/C17H21N3O/c1-4-19-16-10-13(2)7-8-15(16)17(21)20(3)12-14-6-5-9-18-11-14/h5-11,19H,4,12H2,1-3H3. The van der Waals surface area contributed by atoms with E-state index in [2.05, 4.69) is 10.3 Å². The molecule has 0 radical (unpaired) electrons. The fraction of sp³-hybridized carbons (Fsp3) is 0.294. The van der Waals surface area contributed by atoms with Crippen LogP contribution in [-0.2, 0) is 6.54 Å². The van der Waals surface area contributed by atoms with Gasteiger partial charge in [-0.3, -0.25) is 9.78 Å². The summed E-state index contributed by atoms with van der Waals surface area (Å²) in [7, 11) is 1.81. The van der Waals surface area contributed by atoms with E-state index in [9.17, 15) is 4.79 Å². The molecule has 0 bridgehead atoms. The predicted molar refractivity (Wildman–Crippen MR) is 85.4 cm³/mol. The van der Waals surface area contributed by atoms with Crippen LogP contribution in [0.5, 0.6) is 0 Å². The summed E-state index contributed by atoms with van der Waals surface area (Å²) in [5.41, 5.74) is 3.75. The number of nitrogens with one attached hydrogen (secondary N) is 1. The summed E-state index contributed by atoms with van der Waals surface area (Å²) in [6, 6.07) is 9.71. The van der Waals surface area contributed by atoms with Crippen LogP contribution in [-0.4, -0.2) is 29.4 Å². The van der Waals surface area contributed by atoms with Crippen LogP contribution in [0.2, 0.25) is 0 Å². The maximum Gasteiger partial charge on any atom is 0.255 e. The summed E-state index contributed by atoms with van der Waals surface area (Å²) in [4.78, 5) is 18.4. The van der Waals surface area contributed by atoms with Crippen molar-refractivity contribution in [1.29, 1.82) is 0 Å². The van der Waals surface area contributed by atoms with E-state index in [1.54, 1.807) is 17.3 Å². The zero-order chi connectivity index (χ0) is 15.2. The van der Waals surface area contributed by atoms with Crippen LogP contribution >= 0.6 is 0 Å². The fourth-order valence-electron chi connectivity index (χ4n) is 2.22. The van der Waals surface area contributed by atoms with E-state index in [0.29, 0.717) is 12.1 Å². The zero-order valence-corrected chi connectivity index (χ0v) is 12.8. The molecule has 1 N–H and O–H groups in total. The van der Waals surface area contributed by atoms with Crippen molar-refractivity contribution < 1.29 is 4.79 Å². The molecule has 21 heavy (non-hydrogen) atoms. The van der Waals surface area contributed by atoms with Crippen molar-refractivity contribution >= 4 is 11.6 Å². The zero-order valence-electron chi connectivity index (χ0n) is 12.8. The van der Waals surface area contributed by atoms with Crippen molar-refractivity contribution in [3.8, 4) is 0 Å². The number of aromatic nitrogens is 1. The van der Waals surface area contributed by atoms with Crippen LogP contribution in [0.25, 0.3) is 0 Å². The van der Waals surface area contributed by atoms with E-state index in [0.717, 1.165) is 23.4 Å². The quantitative estimate of drug-likeness (QED) is 0.917. The van der Waals surface area contributed by atoms with E-state index >= 15 is 0 Å². The Morgan fingerprint density at radius 1 is 1.33 bits per heavy atom. The molecular weight excluding hydrogens is 262 g/mol. The highest BCUT2D eigenvalue weighted by Gasteiger charge is 2.16. The van der Waals surface area contributed by atoms with Gasteiger partial charge >= 0.3 is 0 Å². The fourth-order valence-corrected chi connectivity index (χ4v) is 2.22. The molecule has 0 fully saturated rings. The maximum atomic E-state index is 12.6. The van der Waals surface area contributed by atoms with Gasteiger partial charge in [0.25, 0.3) is 5.91 Å². The Bertz CT molecular complexity index is 611. The van der Waals surface area contributed by atoms with Crippen LogP contribution in [0.4, 0.5) is 5.69 Å². The van der Waals surface area contributed by atoms with Crippen molar-refractivity contribution in [3.63, 3.8) is 0 Å². The summed E-state index contributed by atoms with van der Waals surface area (Å²) in [5, 5.41) is 3.26. The maximum absolute atomic E-state index is 12.6. The second-order valence-electron chi connectivity index (χ2n) is 5.10. The molecular formula is C17H21N3O. The number of hydrogen-bond donors (Lipinski definition) is 1. The molecule has 4 nitrogen and oxygen atoms in total. The molecule has 2 aromatic rings. The Morgan fingerprint density at radius 3 is 2.81 bits per heavy atom. The summed E-state index contributed by atoms with van der Waals surface area (Å²) in [6.45, 7) is 5.38. The molecule has 0 aliphatic carbocycles. The monoisotopic (exact) mass is 283 g/mol. The van der Waals surface area contributed by atoms with E-state index in [1.807, 2.05) is 51.2 Å². The molecule has 0 aliphatic rings. The average molecular weight is 283 g/mol. The normalized spacial score (nSPS) is 10.2. The van der Waals surface area contributed by atoms with Gasteiger partial charge in [-0.25, -0.2) is 0 Å². The summed E-state index contributed by atoms with van der Waals surface area (Å²) in [6.07, 6.45) is 3.51. The minimum atomic E-state index is 0.00908. The Kier molecular flexibility index (Phi) is 4.93. The van der Waals surface area contributed by atoms with Crippen molar-refractivity contribution in [2.24, 2.45) is 0 Å². The highest BCUT2D eigenvalue weighted by molar-refractivity contribution is 5.99. The molecule has 1 aromatic carbocycles. The van der Waals surface area contributed by atoms with Crippen LogP contribution in [0.1, 0.15) is 28.4 Å². The third-order valence-corrected chi connectivity index (χ3v) is 3.26. The first-order chi connectivity index (χ1) is 10.1. The smallest absolute Gasteiger partial charge is 0.255 e. The molecule has 0 saturated heterocycles. The molecule has 0 spiro atoms. The number of rotatable bonds is 5. The first-order valence-electron chi connectivity index (χ1n) is 7.10. The third kappa shape index (κ3) is 3.81. The first-order valence-corrected chi connectivity index (χ1v) is 7.10. The van der Waals surface area contributed by atoms with E-state index in [-0.39, 0.29) is 5.91 Å². The van der Waals surface area contributed by atoms with Gasteiger partial charge in [0, 0.05) is 38.2 Å². The highest BCUT2D eigenvalue weighted by Crippen LogP contribution is 2.19. The Labute approximate surface area is 125 Å². The minimum absolute atomic E-state index is 0.00908. The third-order valence-electron chi connectivity index (χ3n) is 3.26. The van der Waals surface area contributed by atoms with Crippen molar-refractivity contribution in [2.75, 3.05) is 18.9 Å². The van der Waals surface area contributed by atoms with Gasteiger partial charge in [-0.1, -0.05) is 12.1 Å². The lowest BCUT2D eigenvalue weighted by Gasteiger charge is -2.19. The van der Waals surface area contributed by atoms with Crippen LogP contribution in [0, 0.1) is 6.92 Å². The van der Waals surface area contributed by atoms with Crippen molar-refractivity contribution in [3.05, 3.63) is 59.4 Å². The number of aryl methyl sites for hydroxylation is 1. The predicted octanol–water partition coefficient (Wildman–Crippen LogP) is 3.09. The van der Waals surface area contributed by atoms with E-state index in [1.165, 1.54) is 0 Å². The Morgan fingerprint density at radius 2 is 2.14 bits per heavy atom. The summed E-state index contributed by atoms with van der Waals surface area (Å²) in [5.74, 6) is 0.00908. The second kappa shape index (κ2) is 6.88. The van der Waals surface area contributed by atoms with Gasteiger partial charge in [0.05, 0.1) is 5.56 Å². The molecule has 2 rings (SSSR count). The van der Waals surface area contributed by atoms with Crippen LogP contribution in [0.3, 0.4) is 0 Å². The highest BCUT2D eigenvalue weighted by atomic mass is 16.2. The number of benzene rings is 1. The van der Waals surface area contributed by atoms with Gasteiger partial charge in [0.2, 0.25) is 0 Å². The van der Waals surface area contributed by atoms with Crippen LogP contribution in [0.15, 0.2) is 42.7 Å². The molecule has 1 heterocycles. The molecule has 1 aromatic heterocycles. The number of anilines is 1. The Balaban J connectivity index is 2.19. The number of carbonyl (C=O) groups excluding carboxylic acids is 1. The lowest BCUT2D eigenvalue weighted by atomic mass is 10.1. The Hall–Kier alpha value is -2.36. The molecule has 0 atom stereocenters. The minimum Gasteiger partial charge on any atom is -0.385 e. The SMILES string of the molecule is CCNc1cc(C)ccc1C(=O)N(C)Cc1cccnc1. The lowest BCUT2D eigenvalue weighted by Crippen LogP contribution is -2.27. The van der Waals surface area contributed by atoms with E-state index < -0.39 is 0 Å². The molecule has 4 heteroatoms. The van der Waals surface area contributed by atoms with Crippen molar-refractivity contribution in [2.45, 2.75) is 20.4 Å². The van der Waals surface area contributed by atoms with Gasteiger partial charge in [-0.05, 0) is 43.2 Å². The second-order valence-corrected chi connectivity index (χ2v) is 5.10. The number of amides is 1. The molecule has 0 saturated carbocycles. The summed E-state index contributed by atoms with van der Waals surface area (Å²) >= 11 is 0. The molecule has 110 valence electrons. The first kappa shape index (κ1) is 15.0. The number of carbonyl (C=O) groups is 1.